The van der Waals surface area contributed by atoms with Gasteiger partial charge < -0.3 is 14.2 Å². The fraction of sp³-hybridized carbons (Fsp3) is 0.385. The van der Waals surface area contributed by atoms with E-state index in [0.29, 0.717) is 64.6 Å². The Labute approximate surface area is 203 Å². The molecule has 1 aliphatic heterocycles. The third kappa shape index (κ3) is 3.85. The van der Waals surface area contributed by atoms with Crippen LogP contribution in [0.2, 0.25) is 0 Å². The molecule has 2 aliphatic rings. The number of carbonyl (C=O) groups excluding carboxylic acids is 2. The van der Waals surface area contributed by atoms with Crippen LogP contribution in [0.4, 0.5) is 0 Å². The second-order valence-electron chi connectivity index (χ2n) is 8.63. The summed E-state index contributed by atoms with van der Waals surface area (Å²) < 4.78 is 17.6. The van der Waals surface area contributed by atoms with Gasteiger partial charge in [-0.2, -0.15) is 5.26 Å². The Hall–Kier alpha value is -4.06. The zero-order valence-electron chi connectivity index (χ0n) is 20.4. The van der Waals surface area contributed by atoms with E-state index in [0.717, 1.165) is 0 Å². The minimum Gasteiger partial charge on any atom is -0.493 e. The van der Waals surface area contributed by atoms with Gasteiger partial charge in [-0.15, -0.1) is 0 Å². The highest BCUT2D eigenvalue weighted by Crippen LogP contribution is 2.46. The molecule has 9 nitrogen and oxygen atoms in total. The standard InChI is InChI=1S/C26H27N3O6/c1-14-9-15(2)28(26(32)18(14)13-27)29-19-7-6-8-20(30)24(19)17(12-23(29)31)16-10-21(33-3)25(35-5)22(11-16)34-4/h9-11,17H,6-8,12H2,1-5H3/t17-/m1/s1. The molecule has 2 heterocycles. The van der Waals surface area contributed by atoms with Crippen molar-refractivity contribution in [2.75, 3.05) is 26.3 Å². The van der Waals surface area contributed by atoms with Gasteiger partial charge >= 0.3 is 0 Å². The first kappa shape index (κ1) is 24.1. The molecular weight excluding hydrogens is 450 g/mol. The molecule has 1 aromatic carbocycles. The SMILES string of the molecule is COc1cc([C@H]2CC(=O)N(n3c(C)cc(C)c(C#N)c3=O)C3=C2C(=O)CCC3)cc(OC)c1OC. The van der Waals surface area contributed by atoms with Crippen molar-refractivity contribution in [2.45, 2.75) is 45.4 Å². The third-order valence-electron chi connectivity index (χ3n) is 6.61. The number of aryl methyl sites for hydroxylation is 2. The summed E-state index contributed by atoms with van der Waals surface area (Å²) in [6, 6.07) is 7.14. The van der Waals surface area contributed by atoms with Gasteiger partial charge in [0.25, 0.3) is 5.56 Å². The Morgan fingerprint density at radius 2 is 1.63 bits per heavy atom. The van der Waals surface area contributed by atoms with Crippen molar-refractivity contribution in [2.24, 2.45) is 0 Å². The summed E-state index contributed by atoms with van der Waals surface area (Å²) in [5, 5.41) is 10.8. The van der Waals surface area contributed by atoms with Crippen LogP contribution in [0.25, 0.3) is 0 Å². The number of benzene rings is 1. The summed E-state index contributed by atoms with van der Waals surface area (Å²) in [6.45, 7) is 3.39. The third-order valence-corrected chi connectivity index (χ3v) is 6.61. The van der Waals surface area contributed by atoms with Gasteiger partial charge in [-0.05, 0) is 56.0 Å². The van der Waals surface area contributed by atoms with E-state index in [4.69, 9.17) is 14.2 Å². The van der Waals surface area contributed by atoms with Crippen molar-refractivity contribution in [3.05, 3.63) is 62.2 Å². The number of allylic oxidation sites excluding steroid dienone is 2. The number of hydrogen-bond donors (Lipinski definition) is 0. The van der Waals surface area contributed by atoms with Gasteiger partial charge in [-0.3, -0.25) is 14.4 Å². The van der Waals surface area contributed by atoms with Crippen LogP contribution in [0.1, 0.15) is 54.0 Å². The molecule has 0 spiro atoms. The zero-order chi connectivity index (χ0) is 25.4. The minimum atomic E-state index is -0.575. The lowest BCUT2D eigenvalue weighted by Crippen LogP contribution is -2.52. The predicted molar refractivity (Wildman–Crippen MR) is 127 cm³/mol. The number of nitriles is 1. The predicted octanol–water partition coefficient (Wildman–Crippen LogP) is 3.02. The molecule has 35 heavy (non-hydrogen) atoms. The average molecular weight is 478 g/mol. The Morgan fingerprint density at radius 3 is 2.20 bits per heavy atom. The number of Topliss-reactive ketones (excluding diaryl/α,β-unsaturated/α-hetero) is 1. The van der Waals surface area contributed by atoms with Crippen LogP contribution in [-0.2, 0) is 9.59 Å². The largest absolute Gasteiger partial charge is 0.493 e. The summed E-state index contributed by atoms with van der Waals surface area (Å²) in [7, 11) is 4.51. The van der Waals surface area contributed by atoms with Crippen molar-refractivity contribution in [3.8, 4) is 23.3 Å². The van der Waals surface area contributed by atoms with E-state index in [1.807, 2.05) is 6.07 Å². The second kappa shape index (κ2) is 9.29. The lowest BCUT2D eigenvalue weighted by molar-refractivity contribution is -0.121. The van der Waals surface area contributed by atoms with Crippen molar-refractivity contribution in [1.82, 2.24) is 4.68 Å². The van der Waals surface area contributed by atoms with E-state index in [9.17, 15) is 19.6 Å². The van der Waals surface area contributed by atoms with Crippen molar-refractivity contribution < 1.29 is 23.8 Å². The molecule has 9 heteroatoms. The lowest BCUT2D eigenvalue weighted by Gasteiger charge is -2.39. The molecule has 1 atom stereocenters. The number of rotatable bonds is 5. The molecule has 0 fully saturated rings. The molecular formula is C26H27N3O6. The number of nitrogens with zero attached hydrogens (tertiary/aromatic N) is 3. The Morgan fingerprint density at radius 1 is 0.971 bits per heavy atom. The fourth-order valence-corrected chi connectivity index (χ4v) is 5.06. The molecule has 1 aromatic heterocycles. The van der Waals surface area contributed by atoms with Gasteiger partial charge in [0.05, 0.1) is 27.0 Å². The summed E-state index contributed by atoms with van der Waals surface area (Å²) in [6.07, 6.45) is 1.33. The van der Waals surface area contributed by atoms with Gasteiger partial charge in [0.15, 0.2) is 17.3 Å². The summed E-state index contributed by atoms with van der Waals surface area (Å²) in [5.74, 6) is 0.318. The van der Waals surface area contributed by atoms with E-state index in [1.165, 1.54) is 31.0 Å². The van der Waals surface area contributed by atoms with Crippen LogP contribution >= 0.6 is 0 Å². The second-order valence-corrected chi connectivity index (χ2v) is 8.63. The number of methoxy groups -OCH3 is 3. The van der Waals surface area contributed by atoms with Gasteiger partial charge in [0.2, 0.25) is 11.7 Å². The molecule has 1 aliphatic carbocycles. The van der Waals surface area contributed by atoms with Gasteiger partial charge in [-0.25, -0.2) is 9.69 Å². The van der Waals surface area contributed by atoms with E-state index in [-0.39, 0.29) is 23.7 Å². The first-order chi connectivity index (χ1) is 16.8. The molecule has 4 rings (SSSR count). The smallest absolute Gasteiger partial charge is 0.288 e. The Bertz CT molecular complexity index is 1340. The van der Waals surface area contributed by atoms with Crippen LogP contribution in [0.3, 0.4) is 0 Å². The van der Waals surface area contributed by atoms with Crippen molar-refractivity contribution in [3.63, 3.8) is 0 Å². The molecule has 0 saturated heterocycles. The van der Waals surface area contributed by atoms with Crippen molar-refractivity contribution >= 4 is 11.7 Å². The quantitative estimate of drug-likeness (QED) is 0.651. The zero-order valence-corrected chi connectivity index (χ0v) is 20.4. The average Bonchev–Trinajstić information content (AvgIpc) is 2.84. The molecule has 0 bridgehead atoms. The van der Waals surface area contributed by atoms with E-state index in [2.05, 4.69) is 0 Å². The van der Waals surface area contributed by atoms with Crippen LogP contribution in [0.5, 0.6) is 17.2 Å². The van der Waals surface area contributed by atoms with Crippen LogP contribution in [0.15, 0.2) is 34.3 Å². The Kier molecular flexibility index (Phi) is 6.39. The number of ether oxygens (including phenoxy) is 3. The molecule has 0 unspecified atom stereocenters. The number of aromatic nitrogens is 1. The monoisotopic (exact) mass is 477 g/mol. The Balaban J connectivity index is 1.96. The van der Waals surface area contributed by atoms with Gasteiger partial charge in [0.1, 0.15) is 11.6 Å². The maximum atomic E-state index is 13.6. The van der Waals surface area contributed by atoms with E-state index < -0.39 is 11.5 Å². The normalized spacial score (nSPS) is 17.7. The van der Waals surface area contributed by atoms with Gasteiger partial charge in [0, 0.05) is 30.0 Å². The number of pyridine rings is 1. The molecule has 1 amide bonds. The highest BCUT2D eigenvalue weighted by Gasteiger charge is 2.41. The molecule has 2 aromatic rings. The van der Waals surface area contributed by atoms with E-state index in [1.54, 1.807) is 32.0 Å². The molecule has 0 radical (unpaired) electrons. The molecule has 0 saturated carbocycles. The number of amides is 1. The van der Waals surface area contributed by atoms with Crippen LogP contribution in [-0.4, -0.2) is 37.7 Å². The van der Waals surface area contributed by atoms with E-state index >= 15 is 0 Å². The number of ketones is 1. The molecule has 0 N–H and O–H groups in total. The first-order valence-electron chi connectivity index (χ1n) is 11.3. The minimum absolute atomic E-state index is 0.0283. The number of hydrogen-bond acceptors (Lipinski definition) is 7. The maximum Gasteiger partial charge on any atom is 0.288 e. The topological polar surface area (TPSA) is 111 Å². The summed E-state index contributed by atoms with van der Waals surface area (Å²) >= 11 is 0. The summed E-state index contributed by atoms with van der Waals surface area (Å²) in [5.41, 5.74) is 2.12. The van der Waals surface area contributed by atoms with Crippen molar-refractivity contribution in [1.29, 1.82) is 5.26 Å². The number of carbonyl (C=O) groups is 2. The maximum absolute atomic E-state index is 13.6. The lowest BCUT2D eigenvalue weighted by atomic mass is 9.77. The highest BCUT2D eigenvalue weighted by atomic mass is 16.5. The highest BCUT2D eigenvalue weighted by molar-refractivity contribution is 6.04. The van der Waals surface area contributed by atoms with Crippen LogP contribution < -0.4 is 24.8 Å². The van der Waals surface area contributed by atoms with Crippen LogP contribution in [0, 0.1) is 25.2 Å². The fourth-order valence-electron chi connectivity index (χ4n) is 5.06. The first-order valence-corrected chi connectivity index (χ1v) is 11.3. The summed E-state index contributed by atoms with van der Waals surface area (Å²) in [4.78, 5) is 40.1. The van der Waals surface area contributed by atoms with Gasteiger partial charge in [-0.1, -0.05) is 0 Å². The molecule has 182 valence electrons.